The van der Waals surface area contributed by atoms with Crippen LogP contribution in [0.3, 0.4) is 0 Å². The lowest BCUT2D eigenvalue weighted by Gasteiger charge is -2.02. The zero-order valence-electron chi connectivity index (χ0n) is 13.4. The number of Topliss-reactive ketones (excluding diaryl/α,β-unsaturated/α-hetero) is 1. The number of fused-ring (bicyclic) bond motifs is 3. The summed E-state index contributed by atoms with van der Waals surface area (Å²) in [5.41, 5.74) is 1.84. The van der Waals surface area contributed by atoms with Crippen molar-refractivity contribution in [3.63, 3.8) is 0 Å². The van der Waals surface area contributed by atoms with Crippen LogP contribution in [-0.2, 0) is 0 Å². The molecule has 25 heavy (non-hydrogen) atoms. The molecule has 0 aliphatic rings. The second kappa shape index (κ2) is 6.83. The van der Waals surface area contributed by atoms with Crippen molar-refractivity contribution in [2.45, 2.75) is 6.42 Å². The Labute approximate surface area is 155 Å². The van der Waals surface area contributed by atoms with Gasteiger partial charge in [0.1, 0.15) is 0 Å². The van der Waals surface area contributed by atoms with Gasteiger partial charge in [-0.25, -0.2) is 0 Å². The molecule has 0 amide bonds. The summed E-state index contributed by atoms with van der Waals surface area (Å²) in [6, 6.07) is 21.8. The van der Waals surface area contributed by atoms with Gasteiger partial charge in [0.15, 0.2) is 5.78 Å². The number of halogens is 1. The van der Waals surface area contributed by atoms with Gasteiger partial charge in [-0.3, -0.25) is 4.79 Å². The molecule has 1 heterocycles. The molecule has 4 aromatic rings. The first-order valence-corrected chi connectivity index (χ1v) is 9.27. The standard InChI is InChI=1S/C22H15ClOS/c23-16-13-11-15(12-14-16)5-3-8-19(24)17-7-4-10-21-22(17)18-6-1-2-9-20(18)25-21/h1-7,9-14H,8H2/b5-3+. The molecule has 122 valence electrons. The summed E-state index contributed by atoms with van der Waals surface area (Å²) in [7, 11) is 0. The molecule has 0 saturated carbocycles. The lowest BCUT2D eigenvalue weighted by molar-refractivity contribution is 0.0997. The number of allylic oxidation sites excluding steroid dienone is 1. The molecule has 0 unspecified atom stereocenters. The third-order valence-electron chi connectivity index (χ3n) is 4.19. The van der Waals surface area contributed by atoms with Gasteiger partial charge in [0, 0.05) is 37.2 Å². The normalized spacial score (nSPS) is 11.6. The summed E-state index contributed by atoms with van der Waals surface area (Å²) in [6.45, 7) is 0. The van der Waals surface area contributed by atoms with Crippen molar-refractivity contribution in [1.82, 2.24) is 0 Å². The van der Waals surface area contributed by atoms with Crippen molar-refractivity contribution in [3.05, 3.63) is 89.0 Å². The molecule has 1 aromatic heterocycles. The molecule has 0 bridgehead atoms. The summed E-state index contributed by atoms with van der Waals surface area (Å²) in [4.78, 5) is 12.8. The second-order valence-corrected chi connectivity index (χ2v) is 7.38. The number of benzene rings is 3. The van der Waals surface area contributed by atoms with Crippen molar-refractivity contribution in [2.75, 3.05) is 0 Å². The molecule has 0 fully saturated rings. The van der Waals surface area contributed by atoms with Crippen LogP contribution in [0.4, 0.5) is 0 Å². The van der Waals surface area contributed by atoms with Crippen LogP contribution >= 0.6 is 22.9 Å². The number of thiophene rings is 1. The molecule has 0 spiro atoms. The maximum atomic E-state index is 12.8. The van der Waals surface area contributed by atoms with E-state index >= 15 is 0 Å². The van der Waals surface area contributed by atoms with Gasteiger partial charge in [-0.15, -0.1) is 11.3 Å². The minimum absolute atomic E-state index is 0.138. The molecule has 1 nitrogen and oxygen atoms in total. The van der Waals surface area contributed by atoms with Gasteiger partial charge in [-0.1, -0.05) is 66.2 Å². The van der Waals surface area contributed by atoms with Crippen LogP contribution in [0, 0.1) is 0 Å². The SMILES string of the molecule is O=C(C/C=C/c1ccc(Cl)cc1)c1cccc2sc3ccccc3c12. The van der Waals surface area contributed by atoms with Crippen molar-refractivity contribution in [1.29, 1.82) is 0 Å². The molecule has 0 N–H and O–H groups in total. The van der Waals surface area contributed by atoms with E-state index in [0.717, 1.165) is 26.6 Å². The Kier molecular flexibility index (Phi) is 4.39. The van der Waals surface area contributed by atoms with E-state index in [1.165, 1.54) is 4.70 Å². The van der Waals surface area contributed by atoms with Gasteiger partial charge >= 0.3 is 0 Å². The summed E-state index contributed by atoms with van der Waals surface area (Å²) in [5, 5.41) is 2.95. The van der Waals surface area contributed by atoms with E-state index in [0.29, 0.717) is 11.4 Å². The molecule has 0 saturated heterocycles. The highest BCUT2D eigenvalue weighted by Gasteiger charge is 2.13. The fourth-order valence-electron chi connectivity index (χ4n) is 2.99. The van der Waals surface area contributed by atoms with Crippen LogP contribution in [0.2, 0.25) is 5.02 Å². The fourth-order valence-corrected chi connectivity index (χ4v) is 4.25. The van der Waals surface area contributed by atoms with Gasteiger partial charge in [0.2, 0.25) is 0 Å². The number of ketones is 1. The predicted octanol–water partition coefficient (Wildman–Crippen LogP) is 6.99. The van der Waals surface area contributed by atoms with Crippen LogP contribution in [0.15, 0.2) is 72.8 Å². The summed E-state index contributed by atoms with van der Waals surface area (Å²) in [5.74, 6) is 0.138. The van der Waals surface area contributed by atoms with Crippen LogP contribution in [0.5, 0.6) is 0 Å². The highest BCUT2D eigenvalue weighted by atomic mass is 35.5. The van der Waals surface area contributed by atoms with Gasteiger partial charge in [-0.2, -0.15) is 0 Å². The Morgan fingerprint density at radius 1 is 0.920 bits per heavy atom. The zero-order valence-corrected chi connectivity index (χ0v) is 15.0. The summed E-state index contributed by atoms with van der Waals surface area (Å²) in [6.07, 6.45) is 4.25. The minimum atomic E-state index is 0.138. The maximum Gasteiger partial charge on any atom is 0.167 e. The Bertz CT molecular complexity index is 1090. The summed E-state index contributed by atoms with van der Waals surface area (Å²) >= 11 is 7.62. The predicted molar refractivity (Wildman–Crippen MR) is 109 cm³/mol. The van der Waals surface area contributed by atoms with E-state index in [4.69, 9.17) is 11.6 Å². The third-order valence-corrected chi connectivity index (χ3v) is 5.57. The van der Waals surface area contributed by atoms with Gasteiger partial charge in [0.05, 0.1) is 0 Å². The Morgan fingerprint density at radius 2 is 1.68 bits per heavy atom. The van der Waals surface area contributed by atoms with Crippen LogP contribution in [0.25, 0.3) is 26.2 Å². The quantitative estimate of drug-likeness (QED) is 0.357. The topological polar surface area (TPSA) is 17.1 Å². The van der Waals surface area contributed by atoms with E-state index < -0.39 is 0 Å². The lowest BCUT2D eigenvalue weighted by Crippen LogP contribution is -1.97. The Hall–Kier alpha value is -2.42. The third kappa shape index (κ3) is 3.23. The van der Waals surface area contributed by atoms with Gasteiger partial charge in [-0.05, 0) is 29.8 Å². The molecule has 3 heteroatoms. The molecule has 0 radical (unpaired) electrons. The Morgan fingerprint density at radius 3 is 2.52 bits per heavy atom. The van der Waals surface area contributed by atoms with Gasteiger partial charge < -0.3 is 0 Å². The number of carbonyl (C=O) groups is 1. The highest BCUT2D eigenvalue weighted by Crippen LogP contribution is 2.36. The first-order chi connectivity index (χ1) is 12.2. The lowest BCUT2D eigenvalue weighted by atomic mass is 10.0. The van der Waals surface area contributed by atoms with E-state index in [-0.39, 0.29) is 5.78 Å². The average Bonchev–Trinajstić information content (AvgIpc) is 3.02. The zero-order chi connectivity index (χ0) is 17.2. The van der Waals surface area contributed by atoms with Crippen LogP contribution in [0.1, 0.15) is 22.3 Å². The molecule has 0 aliphatic heterocycles. The largest absolute Gasteiger partial charge is 0.294 e. The maximum absolute atomic E-state index is 12.8. The molecular formula is C22H15ClOS. The monoisotopic (exact) mass is 362 g/mol. The average molecular weight is 363 g/mol. The van der Waals surface area contributed by atoms with E-state index in [9.17, 15) is 4.79 Å². The molecule has 3 aromatic carbocycles. The van der Waals surface area contributed by atoms with Crippen molar-refractivity contribution < 1.29 is 4.79 Å². The minimum Gasteiger partial charge on any atom is -0.294 e. The number of hydrogen-bond acceptors (Lipinski definition) is 2. The second-order valence-electron chi connectivity index (χ2n) is 5.86. The van der Waals surface area contributed by atoms with Crippen molar-refractivity contribution >= 4 is 55.0 Å². The van der Waals surface area contributed by atoms with E-state index in [2.05, 4.69) is 18.2 Å². The van der Waals surface area contributed by atoms with Crippen LogP contribution in [-0.4, -0.2) is 5.78 Å². The van der Waals surface area contributed by atoms with Gasteiger partial charge in [0.25, 0.3) is 0 Å². The number of rotatable bonds is 4. The summed E-state index contributed by atoms with van der Waals surface area (Å²) < 4.78 is 2.38. The molecular weight excluding hydrogens is 348 g/mol. The first-order valence-electron chi connectivity index (χ1n) is 8.08. The fraction of sp³-hybridized carbons (Fsp3) is 0.0455. The number of carbonyl (C=O) groups excluding carboxylic acids is 1. The van der Waals surface area contributed by atoms with E-state index in [1.54, 1.807) is 11.3 Å². The van der Waals surface area contributed by atoms with E-state index in [1.807, 2.05) is 60.7 Å². The Balaban J connectivity index is 1.65. The number of hydrogen-bond donors (Lipinski definition) is 0. The van der Waals surface area contributed by atoms with Crippen LogP contribution < -0.4 is 0 Å². The molecule has 4 rings (SSSR count). The smallest absolute Gasteiger partial charge is 0.167 e. The molecule has 0 aliphatic carbocycles. The van der Waals surface area contributed by atoms with Crippen molar-refractivity contribution in [3.8, 4) is 0 Å². The highest BCUT2D eigenvalue weighted by molar-refractivity contribution is 7.25. The first kappa shape index (κ1) is 16.1. The van der Waals surface area contributed by atoms with Crippen molar-refractivity contribution in [2.24, 2.45) is 0 Å². The molecule has 0 atom stereocenters.